The maximum absolute atomic E-state index is 10.8. The molecule has 5 heteroatoms. The van der Waals surface area contributed by atoms with Crippen molar-refractivity contribution in [2.45, 2.75) is 13.3 Å². The fourth-order valence-corrected chi connectivity index (χ4v) is 2.75. The highest BCUT2D eigenvalue weighted by atomic mass is 32.1. The SMILES string of the molecule is COc1ccc(Cc2nc(C=O)c(C)s2)cc1OC. The molecule has 0 aliphatic rings. The Bertz CT molecular complexity index is 592. The number of thiazole rings is 1. The molecule has 0 atom stereocenters. The van der Waals surface area contributed by atoms with Crippen molar-refractivity contribution < 1.29 is 14.3 Å². The average molecular weight is 277 g/mol. The summed E-state index contributed by atoms with van der Waals surface area (Å²) in [6.45, 7) is 1.90. The molecule has 100 valence electrons. The molecule has 0 radical (unpaired) electrons. The van der Waals surface area contributed by atoms with Crippen LogP contribution in [-0.2, 0) is 6.42 Å². The third kappa shape index (κ3) is 2.93. The molecule has 0 amide bonds. The normalized spacial score (nSPS) is 10.3. The van der Waals surface area contributed by atoms with E-state index in [0.29, 0.717) is 23.6 Å². The van der Waals surface area contributed by atoms with Crippen molar-refractivity contribution in [2.75, 3.05) is 14.2 Å². The molecule has 1 aromatic carbocycles. The first-order valence-corrected chi connectivity index (χ1v) is 6.62. The van der Waals surface area contributed by atoms with Crippen LogP contribution in [0.25, 0.3) is 0 Å². The third-order valence-corrected chi connectivity index (χ3v) is 3.78. The molecule has 1 heterocycles. The lowest BCUT2D eigenvalue weighted by Gasteiger charge is -2.08. The van der Waals surface area contributed by atoms with Crippen molar-refractivity contribution in [3.8, 4) is 11.5 Å². The van der Waals surface area contributed by atoms with Gasteiger partial charge in [0.15, 0.2) is 17.8 Å². The maximum Gasteiger partial charge on any atom is 0.169 e. The highest BCUT2D eigenvalue weighted by Crippen LogP contribution is 2.29. The lowest BCUT2D eigenvalue weighted by atomic mass is 10.1. The highest BCUT2D eigenvalue weighted by molar-refractivity contribution is 7.11. The van der Waals surface area contributed by atoms with Crippen LogP contribution in [0.4, 0.5) is 0 Å². The summed E-state index contributed by atoms with van der Waals surface area (Å²) < 4.78 is 10.5. The standard InChI is InChI=1S/C14H15NO3S/c1-9-11(8-16)15-14(19-9)7-10-4-5-12(17-2)13(6-10)18-3/h4-6,8H,7H2,1-3H3. The monoisotopic (exact) mass is 277 g/mol. The smallest absolute Gasteiger partial charge is 0.169 e. The van der Waals surface area contributed by atoms with Crippen molar-refractivity contribution >= 4 is 17.6 Å². The van der Waals surface area contributed by atoms with Crippen LogP contribution in [0.3, 0.4) is 0 Å². The summed E-state index contributed by atoms with van der Waals surface area (Å²) in [5, 5.41) is 0.923. The van der Waals surface area contributed by atoms with E-state index >= 15 is 0 Å². The van der Waals surface area contributed by atoms with Gasteiger partial charge in [0.1, 0.15) is 5.69 Å². The number of hydrogen-bond acceptors (Lipinski definition) is 5. The first-order valence-electron chi connectivity index (χ1n) is 5.80. The van der Waals surface area contributed by atoms with Gasteiger partial charge in [-0.1, -0.05) is 6.07 Å². The molecule has 0 bridgehead atoms. The van der Waals surface area contributed by atoms with E-state index in [-0.39, 0.29) is 0 Å². The van der Waals surface area contributed by atoms with E-state index in [1.54, 1.807) is 25.6 Å². The molecule has 0 saturated heterocycles. The number of carbonyl (C=O) groups excluding carboxylic acids is 1. The number of carbonyl (C=O) groups is 1. The number of aldehydes is 1. The predicted octanol–water partition coefficient (Wildman–Crippen LogP) is 2.87. The molecule has 1 aromatic heterocycles. The van der Waals surface area contributed by atoms with E-state index in [1.807, 2.05) is 25.1 Å². The van der Waals surface area contributed by atoms with Crippen molar-refractivity contribution in [1.82, 2.24) is 4.98 Å². The van der Waals surface area contributed by atoms with Crippen LogP contribution < -0.4 is 9.47 Å². The average Bonchev–Trinajstić information content (AvgIpc) is 2.78. The Morgan fingerprint density at radius 3 is 2.58 bits per heavy atom. The Hall–Kier alpha value is -1.88. The van der Waals surface area contributed by atoms with Crippen LogP contribution >= 0.6 is 11.3 Å². The van der Waals surface area contributed by atoms with Gasteiger partial charge in [-0.05, 0) is 24.6 Å². The molecule has 0 unspecified atom stereocenters. The minimum atomic E-state index is 0.528. The van der Waals surface area contributed by atoms with Crippen LogP contribution in [0.15, 0.2) is 18.2 Å². The molecule has 2 aromatic rings. The molecule has 0 spiro atoms. The van der Waals surface area contributed by atoms with Gasteiger partial charge in [-0.25, -0.2) is 4.98 Å². The fourth-order valence-electron chi connectivity index (χ4n) is 1.82. The summed E-state index contributed by atoms with van der Waals surface area (Å²) in [6, 6.07) is 5.77. The zero-order valence-electron chi connectivity index (χ0n) is 11.1. The van der Waals surface area contributed by atoms with E-state index in [1.165, 1.54) is 0 Å². The lowest BCUT2D eigenvalue weighted by Crippen LogP contribution is -1.94. The van der Waals surface area contributed by atoms with Crippen LogP contribution in [0.2, 0.25) is 0 Å². The van der Waals surface area contributed by atoms with Gasteiger partial charge >= 0.3 is 0 Å². The number of benzene rings is 1. The van der Waals surface area contributed by atoms with Gasteiger partial charge in [0.05, 0.1) is 19.2 Å². The summed E-state index contributed by atoms with van der Waals surface area (Å²) >= 11 is 1.54. The molecule has 0 saturated carbocycles. The number of methoxy groups -OCH3 is 2. The van der Waals surface area contributed by atoms with E-state index in [2.05, 4.69) is 4.98 Å². The van der Waals surface area contributed by atoms with E-state index in [4.69, 9.17) is 9.47 Å². The van der Waals surface area contributed by atoms with Crippen molar-refractivity contribution in [3.05, 3.63) is 39.3 Å². The van der Waals surface area contributed by atoms with Crippen LogP contribution in [0.5, 0.6) is 11.5 Å². The zero-order chi connectivity index (χ0) is 13.8. The fraction of sp³-hybridized carbons (Fsp3) is 0.286. The first kappa shape index (κ1) is 13.5. The highest BCUT2D eigenvalue weighted by Gasteiger charge is 2.09. The largest absolute Gasteiger partial charge is 0.493 e. The van der Waals surface area contributed by atoms with Crippen LogP contribution in [-0.4, -0.2) is 25.5 Å². The molecule has 2 rings (SSSR count). The quantitative estimate of drug-likeness (QED) is 0.788. The molecule has 0 aliphatic heterocycles. The van der Waals surface area contributed by atoms with E-state index in [9.17, 15) is 4.79 Å². The zero-order valence-corrected chi connectivity index (χ0v) is 11.9. The second-order valence-corrected chi connectivity index (χ2v) is 5.32. The summed E-state index contributed by atoms with van der Waals surface area (Å²) in [4.78, 5) is 16.0. The van der Waals surface area contributed by atoms with Gasteiger partial charge in [-0.2, -0.15) is 0 Å². The van der Waals surface area contributed by atoms with E-state index in [0.717, 1.165) is 21.7 Å². The second-order valence-electron chi connectivity index (χ2n) is 4.03. The van der Waals surface area contributed by atoms with Gasteiger partial charge in [0.25, 0.3) is 0 Å². The van der Waals surface area contributed by atoms with Crippen molar-refractivity contribution in [2.24, 2.45) is 0 Å². The molecule has 0 aliphatic carbocycles. The van der Waals surface area contributed by atoms with Crippen molar-refractivity contribution in [3.63, 3.8) is 0 Å². The molecule has 4 nitrogen and oxygen atoms in total. The van der Waals surface area contributed by atoms with Crippen LogP contribution in [0, 0.1) is 6.92 Å². The number of aryl methyl sites for hydroxylation is 1. The first-order chi connectivity index (χ1) is 9.17. The third-order valence-electron chi connectivity index (χ3n) is 2.79. The minimum Gasteiger partial charge on any atom is -0.493 e. The summed E-state index contributed by atoms with van der Waals surface area (Å²) in [7, 11) is 3.22. The molecule has 19 heavy (non-hydrogen) atoms. The Kier molecular flexibility index (Phi) is 4.16. The number of ether oxygens (including phenoxy) is 2. The number of nitrogens with zero attached hydrogens (tertiary/aromatic N) is 1. The predicted molar refractivity (Wildman–Crippen MR) is 74.6 cm³/mol. The number of aromatic nitrogens is 1. The van der Waals surface area contributed by atoms with Gasteiger partial charge < -0.3 is 9.47 Å². The Balaban J connectivity index is 2.25. The van der Waals surface area contributed by atoms with Gasteiger partial charge in [-0.3, -0.25) is 4.79 Å². The van der Waals surface area contributed by atoms with Crippen molar-refractivity contribution in [1.29, 1.82) is 0 Å². The van der Waals surface area contributed by atoms with Gasteiger partial charge in [0.2, 0.25) is 0 Å². The Morgan fingerprint density at radius 2 is 2.00 bits per heavy atom. The lowest BCUT2D eigenvalue weighted by molar-refractivity contribution is 0.111. The van der Waals surface area contributed by atoms with Gasteiger partial charge in [-0.15, -0.1) is 11.3 Å². The van der Waals surface area contributed by atoms with Gasteiger partial charge in [0, 0.05) is 11.3 Å². The molecule has 0 fully saturated rings. The topological polar surface area (TPSA) is 48.4 Å². The number of hydrogen-bond donors (Lipinski definition) is 0. The van der Waals surface area contributed by atoms with Crippen LogP contribution in [0.1, 0.15) is 25.9 Å². The molecular weight excluding hydrogens is 262 g/mol. The molecule has 0 N–H and O–H groups in total. The number of rotatable bonds is 5. The minimum absolute atomic E-state index is 0.528. The Labute approximate surface area is 116 Å². The maximum atomic E-state index is 10.8. The summed E-state index contributed by atoms with van der Waals surface area (Å²) in [5.74, 6) is 1.40. The second kappa shape index (κ2) is 5.84. The summed E-state index contributed by atoms with van der Waals surface area (Å²) in [5.41, 5.74) is 1.60. The van der Waals surface area contributed by atoms with E-state index < -0.39 is 0 Å². The molecular formula is C14H15NO3S. The Morgan fingerprint density at radius 1 is 1.26 bits per heavy atom. The summed E-state index contributed by atoms with van der Waals surface area (Å²) in [6.07, 6.45) is 1.48.